The smallest absolute Gasteiger partial charge is 0.348 e. The molecule has 4 rings (SSSR count). The number of aromatic carboxylic acids is 1. The number of nitrogens with two attached hydrogens (primary N) is 2. The van der Waals surface area contributed by atoms with Crippen molar-refractivity contribution in [2.45, 2.75) is 37.6 Å². The Balaban J connectivity index is 1.82. The highest BCUT2D eigenvalue weighted by molar-refractivity contribution is 7.21. The molecule has 23 heavy (non-hydrogen) atoms. The third-order valence-corrected chi connectivity index (χ3v) is 5.88. The molecular weight excluding hydrogens is 312 g/mol. The zero-order valence-electron chi connectivity index (χ0n) is 12.8. The number of carbonyl (C=O) groups is 1. The summed E-state index contributed by atoms with van der Waals surface area (Å²) in [6, 6.07) is 2.39. The molecule has 6 nitrogen and oxygen atoms in total. The molecule has 1 aliphatic carbocycles. The highest BCUT2D eigenvalue weighted by Gasteiger charge is 2.30. The van der Waals surface area contributed by atoms with E-state index in [1.54, 1.807) is 0 Å². The molecule has 5 N–H and O–H groups in total. The number of anilines is 2. The van der Waals surface area contributed by atoms with Crippen LogP contribution in [0.15, 0.2) is 6.07 Å². The van der Waals surface area contributed by atoms with Crippen molar-refractivity contribution in [2.75, 3.05) is 23.7 Å². The van der Waals surface area contributed by atoms with E-state index in [1.807, 2.05) is 0 Å². The summed E-state index contributed by atoms with van der Waals surface area (Å²) in [5.74, 6) is 0.451. The molecule has 122 valence electrons. The molecule has 1 saturated carbocycles. The molecule has 3 heterocycles. The van der Waals surface area contributed by atoms with Crippen molar-refractivity contribution in [1.82, 2.24) is 4.98 Å². The second kappa shape index (κ2) is 5.35. The minimum absolute atomic E-state index is 0.201. The lowest BCUT2D eigenvalue weighted by Crippen LogP contribution is -2.40. The van der Waals surface area contributed by atoms with E-state index in [-0.39, 0.29) is 10.9 Å². The lowest BCUT2D eigenvalue weighted by molar-refractivity contribution is 0.0703. The summed E-state index contributed by atoms with van der Waals surface area (Å²) in [7, 11) is 0. The topological polar surface area (TPSA) is 105 Å². The molecular formula is C16H20N4O2S. The fourth-order valence-corrected chi connectivity index (χ4v) is 4.26. The number of fused-ring (bicyclic) bond motifs is 1. The van der Waals surface area contributed by atoms with Crippen LogP contribution in [0.2, 0.25) is 0 Å². The number of rotatable bonds is 3. The monoisotopic (exact) mass is 332 g/mol. The number of nitrogens with zero attached hydrogens (tertiary/aromatic N) is 2. The molecule has 0 aromatic carbocycles. The number of piperidine rings is 1. The van der Waals surface area contributed by atoms with Gasteiger partial charge in [-0.15, -0.1) is 11.3 Å². The van der Waals surface area contributed by atoms with Gasteiger partial charge in [-0.1, -0.05) is 0 Å². The van der Waals surface area contributed by atoms with E-state index in [4.69, 9.17) is 16.5 Å². The molecule has 1 saturated heterocycles. The van der Waals surface area contributed by atoms with Gasteiger partial charge in [0.25, 0.3) is 0 Å². The number of thiophene rings is 1. The fourth-order valence-electron chi connectivity index (χ4n) is 3.30. The zero-order chi connectivity index (χ0) is 16.1. The largest absolute Gasteiger partial charge is 0.477 e. The Morgan fingerprint density at radius 2 is 2.00 bits per heavy atom. The molecule has 2 aliphatic rings. The van der Waals surface area contributed by atoms with Crippen LogP contribution in [0.25, 0.3) is 10.2 Å². The highest BCUT2D eigenvalue weighted by Crippen LogP contribution is 2.48. The van der Waals surface area contributed by atoms with Crippen LogP contribution < -0.4 is 16.4 Å². The summed E-state index contributed by atoms with van der Waals surface area (Å²) in [5.41, 5.74) is 13.6. The molecule has 0 amide bonds. The Morgan fingerprint density at radius 1 is 1.30 bits per heavy atom. The maximum absolute atomic E-state index is 11.4. The average Bonchev–Trinajstić information content (AvgIpc) is 3.31. The maximum Gasteiger partial charge on any atom is 0.348 e. The standard InChI is InChI=1S/C16H20N4O2S/c17-9-3-5-20(6-4-9)11-7-10(8-1-2-8)12-13(18)14(16(21)22)23-15(12)19-11/h7-9H,1-6,17-18H2,(H,21,22). The van der Waals surface area contributed by atoms with Crippen molar-refractivity contribution in [1.29, 1.82) is 0 Å². The van der Waals surface area contributed by atoms with Crippen LogP contribution in [-0.4, -0.2) is 35.2 Å². The third kappa shape index (κ3) is 2.53. The molecule has 7 heteroatoms. The van der Waals surface area contributed by atoms with Crippen LogP contribution in [0.4, 0.5) is 11.5 Å². The molecule has 0 unspecified atom stereocenters. The quantitative estimate of drug-likeness (QED) is 0.797. The first-order chi connectivity index (χ1) is 11.0. The number of hydrogen-bond acceptors (Lipinski definition) is 6. The van der Waals surface area contributed by atoms with Gasteiger partial charge in [-0.3, -0.25) is 0 Å². The van der Waals surface area contributed by atoms with Crippen molar-refractivity contribution < 1.29 is 9.90 Å². The summed E-state index contributed by atoms with van der Waals surface area (Å²) in [5, 5.41) is 10.2. The van der Waals surface area contributed by atoms with Crippen LogP contribution in [0.1, 0.15) is 46.8 Å². The van der Waals surface area contributed by atoms with Gasteiger partial charge in [-0.05, 0) is 43.2 Å². The van der Waals surface area contributed by atoms with Crippen molar-refractivity contribution in [3.8, 4) is 0 Å². The zero-order valence-corrected chi connectivity index (χ0v) is 13.6. The molecule has 2 aromatic rings. The SMILES string of the molecule is Nc1c(C(=O)O)sc2nc(N3CCC(N)CC3)cc(C3CC3)c12. The van der Waals surface area contributed by atoms with Gasteiger partial charge in [0.2, 0.25) is 0 Å². The number of hydrogen-bond donors (Lipinski definition) is 3. The van der Waals surface area contributed by atoms with Gasteiger partial charge in [0.15, 0.2) is 0 Å². The Kier molecular flexibility index (Phi) is 3.42. The van der Waals surface area contributed by atoms with E-state index in [0.717, 1.165) is 54.8 Å². The van der Waals surface area contributed by atoms with Crippen LogP contribution in [0.5, 0.6) is 0 Å². The molecule has 0 radical (unpaired) electrons. The lowest BCUT2D eigenvalue weighted by atomic mass is 10.0. The molecule has 1 aliphatic heterocycles. The van der Waals surface area contributed by atoms with Gasteiger partial charge >= 0.3 is 5.97 Å². The predicted octanol–water partition coefficient (Wildman–Crippen LogP) is 2.38. The first-order valence-electron chi connectivity index (χ1n) is 8.01. The van der Waals surface area contributed by atoms with E-state index in [9.17, 15) is 9.90 Å². The summed E-state index contributed by atoms with van der Waals surface area (Å²) >= 11 is 1.18. The van der Waals surface area contributed by atoms with E-state index in [2.05, 4.69) is 11.0 Å². The van der Waals surface area contributed by atoms with Gasteiger partial charge in [0.05, 0.1) is 5.69 Å². The number of aromatic nitrogens is 1. The maximum atomic E-state index is 11.4. The number of nitrogen functional groups attached to an aromatic ring is 1. The lowest BCUT2D eigenvalue weighted by Gasteiger charge is -2.31. The molecule has 0 bridgehead atoms. The van der Waals surface area contributed by atoms with Gasteiger partial charge in [-0.25, -0.2) is 9.78 Å². The van der Waals surface area contributed by atoms with Crippen molar-refractivity contribution >= 4 is 39.0 Å². The Bertz CT molecular complexity index is 776. The summed E-state index contributed by atoms with van der Waals surface area (Å²) < 4.78 is 0. The van der Waals surface area contributed by atoms with Gasteiger partial charge < -0.3 is 21.5 Å². The number of carboxylic acids is 1. The summed E-state index contributed by atoms with van der Waals surface area (Å²) in [4.78, 5) is 19.3. The van der Waals surface area contributed by atoms with Crippen molar-refractivity contribution in [2.24, 2.45) is 5.73 Å². The molecule has 0 atom stereocenters. The van der Waals surface area contributed by atoms with Gasteiger partial charge in [0, 0.05) is 24.5 Å². The van der Waals surface area contributed by atoms with Crippen LogP contribution in [-0.2, 0) is 0 Å². The van der Waals surface area contributed by atoms with Gasteiger partial charge in [0.1, 0.15) is 15.5 Å². The average molecular weight is 332 g/mol. The molecule has 2 aromatic heterocycles. The Hall–Kier alpha value is -1.86. The van der Waals surface area contributed by atoms with Crippen molar-refractivity contribution in [3.05, 3.63) is 16.5 Å². The van der Waals surface area contributed by atoms with Crippen LogP contribution in [0.3, 0.4) is 0 Å². The third-order valence-electron chi connectivity index (χ3n) is 4.79. The van der Waals surface area contributed by atoms with E-state index < -0.39 is 5.97 Å². The summed E-state index contributed by atoms with van der Waals surface area (Å²) in [6.07, 6.45) is 4.21. The van der Waals surface area contributed by atoms with E-state index in [0.29, 0.717) is 11.6 Å². The molecule has 0 spiro atoms. The minimum Gasteiger partial charge on any atom is -0.477 e. The van der Waals surface area contributed by atoms with E-state index in [1.165, 1.54) is 16.9 Å². The fraction of sp³-hybridized carbons (Fsp3) is 0.500. The second-order valence-electron chi connectivity index (χ2n) is 6.50. The Morgan fingerprint density at radius 3 is 2.61 bits per heavy atom. The second-order valence-corrected chi connectivity index (χ2v) is 7.50. The first kappa shape index (κ1) is 14.7. The van der Waals surface area contributed by atoms with E-state index >= 15 is 0 Å². The van der Waals surface area contributed by atoms with Gasteiger partial charge in [-0.2, -0.15) is 0 Å². The first-order valence-corrected chi connectivity index (χ1v) is 8.83. The predicted molar refractivity (Wildman–Crippen MR) is 92.4 cm³/mol. The number of pyridine rings is 1. The molecule has 2 fully saturated rings. The van der Waals surface area contributed by atoms with Crippen LogP contribution >= 0.6 is 11.3 Å². The summed E-state index contributed by atoms with van der Waals surface area (Å²) in [6.45, 7) is 1.80. The van der Waals surface area contributed by atoms with Crippen molar-refractivity contribution in [3.63, 3.8) is 0 Å². The normalized spacial score (nSPS) is 19.4. The van der Waals surface area contributed by atoms with Crippen LogP contribution in [0, 0.1) is 0 Å². The Labute approximate surface area is 138 Å². The highest BCUT2D eigenvalue weighted by atomic mass is 32.1. The number of carboxylic acid groups (broad SMARTS) is 1. The minimum atomic E-state index is -0.974.